The maximum absolute atomic E-state index is 12.3. The van der Waals surface area contributed by atoms with E-state index in [0.717, 1.165) is 190 Å². The first kappa shape index (κ1) is 87.9. The number of unbranched alkanes of at least 4 members (excludes halogenated alkanes) is 9. The molecule has 0 spiro atoms. The van der Waals surface area contributed by atoms with Crippen molar-refractivity contribution in [1.82, 2.24) is 0 Å². The number of carbonyl (C=O) groups is 6. The molecule has 9 N–H and O–H groups in total. The summed E-state index contributed by atoms with van der Waals surface area (Å²) in [6.07, 6.45) is 26.9. The van der Waals surface area contributed by atoms with Gasteiger partial charge >= 0.3 is 35.8 Å². The molecule has 0 aromatic heterocycles. The Morgan fingerprint density at radius 2 is 0.720 bits per heavy atom. The first-order chi connectivity index (χ1) is 51.5. The summed E-state index contributed by atoms with van der Waals surface area (Å²) < 4.78 is 33.3. The summed E-state index contributed by atoms with van der Waals surface area (Å²) in [5, 5.41) is 89.6. The predicted molar refractivity (Wildman–Crippen MR) is 406 cm³/mol. The Kier molecular flexibility index (Phi) is 38.6. The van der Waals surface area contributed by atoms with Crippen LogP contribution in [0.1, 0.15) is 260 Å². The molecule has 3 aromatic rings. The first-order valence-corrected chi connectivity index (χ1v) is 41.0. The fourth-order valence-corrected chi connectivity index (χ4v) is 18.0. The zero-order valence-corrected chi connectivity index (χ0v) is 64.6. The highest BCUT2D eigenvalue weighted by Gasteiger charge is 2.48. The van der Waals surface area contributed by atoms with Gasteiger partial charge in [-0.3, -0.25) is 14.4 Å². The molecule has 6 aliphatic rings. The molecular formula is C86H130O21. The number of fused-ring (bicyclic) bond motifs is 6. The molecule has 9 rings (SSSR count). The van der Waals surface area contributed by atoms with Gasteiger partial charge in [-0.2, -0.15) is 0 Å². The van der Waals surface area contributed by atoms with Gasteiger partial charge in [-0.15, -0.1) is 0 Å². The van der Waals surface area contributed by atoms with E-state index in [1.807, 2.05) is 36.4 Å². The highest BCUT2D eigenvalue weighted by Crippen LogP contribution is 2.52. The monoisotopic (exact) mass is 1500 g/mol. The summed E-state index contributed by atoms with van der Waals surface area (Å²) in [5.41, 5.74) is 7.03. The zero-order chi connectivity index (χ0) is 77.2. The van der Waals surface area contributed by atoms with Crippen LogP contribution in [0, 0.1) is 53.3 Å². The molecule has 3 saturated carbocycles. The van der Waals surface area contributed by atoms with Crippen LogP contribution >= 0.6 is 0 Å². The summed E-state index contributed by atoms with van der Waals surface area (Å²) in [6, 6.07) is 17.9. The fourth-order valence-electron chi connectivity index (χ4n) is 18.0. The average Bonchev–Trinajstić information content (AvgIpc) is 1.66. The van der Waals surface area contributed by atoms with Gasteiger partial charge in [0.05, 0.1) is 55.9 Å². The number of ether oxygens (including phenoxy) is 6. The molecule has 21 heteroatoms. The maximum atomic E-state index is 12.3. The SMILES string of the molecule is CCCCC[C@H](O)CC[C@@H]1[C@H]2Cc3cccc(OCC(=O)OC(C)CCCC(=O)O)c3C[C@H]2C[C@H]1O.CCCCC[C@H](O)CC[C@@H]1[C@H]2Cc3cccc(OCC(=O)OCCCCC(=O)O)c3C[C@H]2C[C@H]1O.CCCCC[C@H](O)CC[C@@H]1[C@H]2Cc3cccc(OCC(=O)OCCCCCC(=O)O)c3C[C@H]2C[C@H]1O. The van der Waals surface area contributed by atoms with Crippen molar-refractivity contribution in [3.8, 4) is 17.2 Å². The summed E-state index contributed by atoms with van der Waals surface area (Å²) in [5.74, 6) is 1.29. The molecule has 0 bridgehead atoms. The molecule has 16 atom stereocenters. The number of hydrogen-bond donors (Lipinski definition) is 9. The fraction of sp³-hybridized carbons (Fsp3) is 0.721. The van der Waals surface area contributed by atoms with E-state index in [9.17, 15) is 59.4 Å². The van der Waals surface area contributed by atoms with Crippen LogP contribution in [0.2, 0.25) is 0 Å². The molecule has 6 aliphatic carbocycles. The predicted octanol–water partition coefficient (Wildman–Crippen LogP) is 13.7. The molecular weight excluding hydrogens is 1370 g/mol. The number of hydrogen-bond acceptors (Lipinski definition) is 18. The number of benzene rings is 3. The number of aliphatic carboxylic acids is 3. The molecule has 0 aliphatic heterocycles. The summed E-state index contributed by atoms with van der Waals surface area (Å²) in [4.78, 5) is 68.1. The van der Waals surface area contributed by atoms with Crippen LogP contribution in [0.5, 0.6) is 17.2 Å². The molecule has 1 unspecified atom stereocenters. The van der Waals surface area contributed by atoms with Crippen molar-refractivity contribution < 1.29 is 103 Å². The van der Waals surface area contributed by atoms with E-state index in [1.54, 1.807) is 6.92 Å². The van der Waals surface area contributed by atoms with Crippen LogP contribution in [0.25, 0.3) is 0 Å². The highest BCUT2D eigenvalue weighted by atomic mass is 16.6. The third-order valence-electron chi connectivity index (χ3n) is 23.7. The van der Waals surface area contributed by atoms with E-state index in [2.05, 4.69) is 39.0 Å². The quantitative estimate of drug-likeness (QED) is 0.0144. The Morgan fingerprint density at radius 1 is 0.393 bits per heavy atom. The van der Waals surface area contributed by atoms with Crippen LogP contribution in [0.3, 0.4) is 0 Å². The third kappa shape index (κ3) is 29.4. The van der Waals surface area contributed by atoms with Gasteiger partial charge in [-0.05, 0) is 272 Å². The molecule has 0 heterocycles. The minimum Gasteiger partial charge on any atom is -0.482 e. The number of carbonyl (C=O) groups excluding carboxylic acids is 3. The Morgan fingerprint density at radius 3 is 1.07 bits per heavy atom. The Hall–Kier alpha value is -6.36. The lowest BCUT2D eigenvalue weighted by atomic mass is 9.73. The van der Waals surface area contributed by atoms with Gasteiger partial charge in [-0.1, -0.05) is 115 Å². The number of aliphatic hydroxyl groups excluding tert-OH is 6. The van der Waals surface area contributed by atoms with E-state index in [-0.39, 0.29) is 113 Å². The van der Waals surface area contributed by atoms with E-state index in [1.165, 1.54) is 16.7 Å². The molecule has 0 amide bonds. The van der Waals surface area contributed by atoms with Crippen LogP contribution < -0.4 is 14.2 Å². The molecule has 3 fully saturated rings. The number of esters is 3. The minimum absolute atomic E-state index is 0.0613. The Bertz CT molecular complexity index is 3170. The number of carboxylic acid groups (broad SMARTS) is 3. The first-order valence-electron chi connectivity index (χ1n) is 41.0. The largest absolute Gasteiger partial charge is 0.482 e. The van der Waals surface area contributed by atoms with Crippen LogP contribution in [0.15, 0.2) is 54.6 Å². The summed E-state index contributed by atoms with van der Waals surface area (Å²) >= 11 is 0. The molecule has 600 valence electrons. The van der Waals surface area contributed by atoms with Crippen LogP contribution in [-0.4, -0.2) is 158 Å². The van der Waals surface area contributed by atoms with Gasteiger partial charge in [0.15, 0.2) is 19.8 Å². The lowest BCUT2D eigenvalue weighted by molar-refractivity contribution is -0.151. The maximum Gasteiger partial charge on any atom is 0.344 e. The Labute approximate surface area is 635 Å². The minimum atomic E-state index is -0.853. The van der Waals surface area contributed by atoms with Gasteiger partial charge in [0.2, 0.25) is 0 Å². The van der Waals surface area contributed by atoms with Crippen molar-refractivity contribution in [2.45, 2.75) is 308 Å². The van der Waals surface area contributed by atoms with E-state index in [0.29, 0.717) is 97.7 Å². The lowest BCUT2D eigenvalue weighted by Gasteiger charge is -2.32. The highest BCUT2D eigenvalue weighted by molar-refractivity contribution is 5.72. The lowest BCUT2D eigenvalue weighted by Crippen LogP contribution is -2.28. The van der Waals surface area contributed by atoms with Gasteiger partial charge < -0.3 is 74.4 Å². The van der Waals surface area contributed by atoms with Gasteiger partial charge in [-0.25, -0.2) is 14.4 Å². The van der Waals surface area contributed by atoms with Gasteiger partial charge in [0.25, 0.3) is 0 Å². The third-order valence-corrected chi connectivity index (χ3v) is 23.7. The van der Waals surface area contributed by atoms with Crippen molar-refractivity contribution in [3.63, 3.8) is 0 Å². The van der Waals surface area contributed by atoms with E-state index < -0.39 is 35.8 Å². The molecule has 21 nitrogen and oxygen atoms in total. The summed E-state index contributed by atoms with van der Waals surface area (Å²) in [6.45, 7) is 8.21. The van der Waals surface area contributed by atoms with Gasteiger partial charge in [0, 0.05) is 19.3 Å². The van der Waals surface area contributed by atoms with E-state index in [4.69, 9.17) is 43.7 Å². The van der Waals surface area contributed by atoms with Crippen molar-refractivity contribution in [2.24, 2.45) is 53.3 Å². The van der Waals surface area contributed by atoms with Crippen molar-refractivity contribution in [2.75, 3.05) is 33.0 Å². The molecule has 3 aromatic carbocycles. The second kappa shape index (κ2) is 47.0. The average molecular weight is 1500 g/mol. The zero-order valence-electron chi connectivity index (χ0n) is 64.6. The van der Waals surface area contributed by atoms with Crippen molar-refractivity contribution in [3.05, 3.63) is 88.0 Å². The second-order valence-corrected chi connectivity index (χ2v) is 31.7. The van der Waals surface area contributed by atoms with Crippen molar-refractivity contribution >= 4 is 35.8 Å². The normalized spacial score (nSPS) is 23.9. The molecule has 0 saturated heterocycles. The molecule has 0 radical (unpaired) electrons. The topological polar surface area (TPSA) is 340 Å². The smallest absolute Gasteiger partial charge is 0.344 e. The number of rotatable bonds is 46. The standard InChI is InChI=1S/2C29H44O7.C28H42O7/c1-3-4-5-10-22(30)13-14-23-24-15-20-9-7-11-27(25(20)16-21(24)17-26(23)31)35-18-29(34)36-19(2)8-6-12-28(32)33;1-2-3-5-10-22(30)13-14-23-24-16-20-9-8-11-27(25(20)17-21(24)18-26(23)31)36-19-29(34)35-15-7-4-6-12-28(32)33;1-2-3-4-9-21(29)12-13-22-23-15-19-8-7-10-26(24(19)16-20(23)17-25(22)30)35-18-28(33)34-14-6-5-11-27(31)32/h7,9,11,19,21-24,26,30-31H,3-6,8,10,12-18H2,1-2H3,(H,32,33);8-9,11,21-24,26,30-31H,2-7,10,12-19H2,1H3,(H,32,33);7-8,10,20-23,25,29-30H,2-6,9,11-18H2,1H3,(H,31,32)/t19?,21-,22-,23+,24-,26+;21-,22-,23+,24-,26+;20-,21-,22+,23-,25+/m000/s1. The van der Waals surface area contributed by atoms with Crippen molar-refractivity contribution in [1.29, 1.82) is 0 Å². The number of aliphatic hydroxyl groups is 6. The summed E-state index contributed by atoms with van der Waals surface area (Å²) in [7, 11) is 0. The van der Waals surface area contributed by atoms with Gasteiger partial charge in [0.1, 0.15) is 17.2 Å². The second-order valence-electron chi connectivity index (χ2n) is 31.7. The van der Waals surface area contributed by atoms with E-state index >= 15 is 0 Å². The van der Waals surface area contributed by atoms with Crippen LogP contribution in [0.4, 0.5) is 0 Å². The Balaban J connectivity index is 0.000000224. The number of carboxylic acids is 3. The van der Waals surface area contributed by atoms with Crippen LogP contribution in [-0.2, 0) is 81.5 Å². The molecule has 107 heavy (non-hydrogen) atoms.